The van der Waals surface area contributed by atoms with Gasteiger partial charge in [0.05, 0.1) is 0 Å². The first-order chi connectivity index (χ1) is 21.8. The van der Waals surface area contributed by atoms with E-state index >= 15 is 0 Å². The molecule has 0 unspecified atom stereocenters. The molecule has 9 rings (SSSR count). The lowest BCUT2D eigenvalue weighted by Gasteiger charge is -2.09. The number of para-hydroxylation sites is 1. The quantitative estimate of drug-likeness (QED) is 0.202. The molecule has 206 valence electrons. The van der Waals surface area contributed by atoms with Crippen molar-refractivity contribution in [3.63, 3.8) is 0 Å². The summed E-state index contributed by atoms with van der Waals surface area (Å²) in [7, 11) is 0. The van der Waals surface area contributed by atoms with E-state index in [1.54, 1.807) is 0 Å². The second kappa shape index (κ2) is 10.1. The lowest BCUT2D eigenvalue weighted by atomic mass is 9.95. The maximum atomic E-state index is 6.15. The van der Waals surface area contributed by atoms with E-state index in [0.29, 0.717) is 0 Å². The third-order valence-corrected chi connectivity index (χ3v) is 9.83. The van der Waals surface area contributed by atoms with Crippen molar-refractivity contribution in [2.45, 2.75) is 0 Å². The van der Waals surface area contributed by atoms with Crippen molar-refractivity contribution in [3.05, 3.63) is 158 Å². The van der Waals surface area contributed by atoms with Crippen LogP contribution in [0.25, 0.3) is 86.6 Å². The summed E-state index contributed by atoms with van der Waals surface area (Å²) in [6, 6.07) is 56.8. The molecule has 0 saturated heterocycles. The van der Waals surface area contributed by atoms with Gasteiger partial charge in [0, 0.05) is 30.9 Å². The Morgan fingerprint density at radius 3 is 1.48 bits per heavy atom. The Morgan fingerprint density at radius 1 is 0.295 bits per heavy atom. The number of thiophene rings is 1. The largest absolute Gasteiger partial charge is 0.456 e. The molecule has 2 aromatic heterocycles. The molecule has 2 heteroatoms. The highest BCUT2D eigenvalue weighted by Crippen LogP contribution is 2.38. The minimum atomic E-state index is 0.921. The van der Waals surface area contributed by atoms with Crippen LogP contribution < -0.4 is 0 Å². The Hall–Kier alpha value is -5.44. The van der Waals surface area contributed by atoms with Gasteiger partial charge in [0.1, 0.15) is 11.2 Å². The van der Waals surface area contributed by atoms with E-state index < -0.39 is 0 Å². The highest BCUT2D eigenvalue weighted by Gasteiger charge is 2.10. The van der Waals surface area contributed by atoms with Crippen LogP contribution in [0.4, 0.5) is 0 Å². The average molecular weight is 579 g/mol. The van der Waals surface area contributed by atoms with Crippen LogP contribution in [0.1, 0.15) is 0 Å². The van der Waals surface area contributed by atoms with E-state index in [9.17, 15) is 0 Å². The molecule has 7 aromatic carbocycles. The number of hydrogen-bond acceptors (Lipinski definition) is 2. The molecule has 0 fully saturated rings. The van der Waals surface area contributed by atoms with Crippen LogP contribution in [0, 0.1) is 0 Å². The van der Waals surface area contributed by atoms with Crippen LogP contribution in [0.3, 0.4) is 0 Å². The van der Waals surface area contributed by atoms with Crippen LogP contribution in [0.5, 0.6) is 0 Å². The molecule has 0 radical (unpaired) electrons. The maximum absolute atomic E-state index is 6.15. The van der Waals surface area contributed by atoms with Gasteiger partial charge in [-0.15, -0.1) is 11.3 Å². The number of furan rings is 1. The van der Waals surface area contributed by atoms with Crippen molar-refractivity contribution in [1.29, 1.82) is 0 Å². The van der Waals surface area contributed by atoms with Crippen molar-refractivity contribution in [2.24, 2.45) is 0 Å². The van der Waals surface area contributed by atoms with Gasteiger partial charge in [-0.05, 0) is 87.0 Å². The monoisotopic (exact) mass is 578 g/mol. The molecule has 0 saturated carbocycles. The van der Waals surface area contributed by atoms with Gasteiger partial charge in [0.2, 0.25) is 0 Å². The summed E-state index contributed by atoms with van der Waals surface area (Å²) in [5.74, 6) is 0. The second-order valence-corrected chi connectivity index (χ2v) is 12.4. The summed E-state index contributed by atoms with van der Waals surface area (Å²) in [6.07, 6.45) is 0. The van der Waals surface area contributed by atoms with Gasteiger partial charge in [-0.2, -0.15) is 0 Å². The van der Waals surface area contributed by atoms with Crippen LogP contribution in [0.15, 0.2) is 162 Å². The smallest absolute Gasteiger partial charge is 0.136 e. The van der Waals surface area contributed by atoms with E-state index in [1.165, 1.54) is 59.1 Å². The first kappa shape index (κ1) is 25.1. The number of rotatable bonds is 4. The van der Waals surface area contributed by atoms with Crippen molar-refractivity contribution in [3.8, 4) is 44.5 Å². The highest BCUT2D eigenvalue weighted by atomic mass is 32.1. The molecule has 0 aliphatic rings. The number of hydrogen-bond donors (Lipinski definition) is 0. The second-order valence-electron chi connectivity index (χ2n) is 11.4. The maximum Gasteiger partial charge on any atom is 0.136 e. The molecular formula is C42H26OS. The Bertz CT molecular complexity index is 2320. The van der Waals surface area contributed by atoms with Crippen LogP contribution >= 0.6 is 11.3 Å². The van der Waals surface area contributed by atoms with E-state index in [2.05, 4.69) is 146 Å². The topological polar surface area (TPSA) is 13.1 Å². The first-order valence-electron chi connectivity index (χ1n) is 14.9. The summed E-state index contributed by atoms with van der Waals surface area (Å²) >= 11 is 1.87. The Labute approximate surface area is 259 Å². The summed E-state index contributed by atoms with van der Waals surface area (Å²) < 4.78 is 8.82. The van der Waals surface area contributed by atoms with Crippen molar-refractivity contribution < 1.29 is 4.42 Å². The summed E-state index contributed by atoms with van der Waals surface area (Å²) in [4.78, 5) is 0. The van der Waals surface area contributed by atoms with E-state index in [1.807, 2.05) is 23.5 Å². The fourth-order valence-electron chi connectivity index (χ4n) is 6.42. The van der Waals surface area contributed by atoms with Gasteiger partial charge in [0.25, 0.3) is 0 Å². The molecule has 0 bridgehead atoms. The minimum absolute atomic E-state index is 0.921. The van der Waals surface area contributed by atoms with Gasteiger partial charge in [-0.25, -0.2) is 0 Å². The van der Waals surface area contributed by atoms with Crippen LogP contribution in [-0.2, 0) is 0 Å². The average Bonchev–Trinajstić information content (AvgIpc) is 3.66. The lowest BCUT2D eigenvalue weighted by molar-refractivity contribution is 0.669. The first-order valence-corrected chi connectivity index (χ1v) is 15.7. The third kappa shape index (κ3) is 4.23. The fraction of sp³-hybridized carbons (Fsp3) is 0. The molecule has 0 spiro atoms. The number of benzene rings is 7. The van der Waals surface area contributed by atoms with Gasteiger partial charge >= 0.3 is 0 Å². The van der Waals surface area contributed by atoms with Crippen molar-refractivity contribution in [2.75, 3.05) is 0 Å². The van der Waals surface area contributed by atoms with E-state index in [-0.39, 0.29) is 0 Å². The number of fused-ring (bicyclic) bond motifs is 6. The summed E-state index contributed by atoms with van der Waals surface area (Å²) in [6.45, 7) is 0. The predicted octanol–water partition coefficient (Wildman–Crippen LogP) is 12.6. The third-order valence-electron chi connectivity index (χ3n) is 8.70. The van der Waals surface area contributed by atoms with E-state index in [4.69, 9.17) is 4.42 Å². The lowest BCUT2D eigenvalue weighted by Crippen LogP contribution is -1.84. The molecule has 9 aromatic rings. The Balaban J connectivity index is 1.01. The molecule has 0 N–H and O–H groups in total. The van der Waals surface area contributed by atoms with Gasteiger partial charge in [-0.1, -0.05) is 115 Å². The molecule has 0 aliphatic carbocycles. The van der Waals surface area contributed by atoms with Crippen molar-refractivity contribution in [1.82, 2.24) is 0 Å². The Morgan fingerprint density at radius 2 is 0.773 bits per heavy atom. The molecule has 0 atom stereocenters. The zero-order valence-electron chi connectivity index (χ0n) is 23.8. The molecule has 0 aliphatic heterocycles. The molecule has 0 amide bonds. The zero-order chi connectivity index (χ0) is 29.0. The fourth-order valence-corrected chi connectivity index (χ4v) is 7.57. The zero-order valence-corrected chi connectivity index (χ0v) is 24.6. The van der Waals surface area contributed by atoms with Gasteiger partial charge < -0.3 is 4.42 Å². The standard InChI is InChI=1S/C42H26OS/c1-3-13-39-35(11-1)36-21-19-33(25-40(36)43-39)31-9-5-7-29(23-31)27-15-17-28(18-16-27)30-8-6-10-32(24-30)34-20-22-38-37-12-2-4-14-41(37)44-42(38)26-34/h1-26H. The predicted molar refractivity (Wildman–Crippen MR) is 188 cm³/mol. The van der Waals surface area contributed by atoms with E-state index in [0.717, 1.165) is 27.5 Å². The summed E-state index contributed by atoms with van der Waals surface area (Å²) in [5.41, 5.74) is 11.5. The molecule has 44 heavy (non-hydrogen) atoms. The minimum Gasteiger partial charge on any atom is -0.456 e. The van der Waals surface area contributed by atoms with Crippen LogP contribution in [-0.4, -0.2) is 0 Å². The molecule has 1 nitrogen and oxygen atoms in total. The van der Waals surface area contributed by atoms with Gasteiger partial charge in [0.15, 0.2) is 0 Å². The van der Waals surface area contributed by atoms with Crippen LogP contribution in [0.2, 0.25) is 0 Å². The molecule has 2 heterocycles. The summed E-state index contributed by atoms with van der Waals surface area (Å²) in [5, 5.41) is 4.98. The SMILES string of the molecule is c1cc(-c2ccc(-c3cccc(-c4ccc5c(c4)sc4ccccc45)c3)cc2)cc(-c2ccc3c(c2)oc2ccccc23)c1. The van der Waals surface area contributed by atoms with Crippen molar-refractivity contribution >= 4 is 53.4 Å². The Kier molecular flexibility index (Phi) is 5.75. The normalized spacial score (nSPS) is 11.6. The van der Waals surface area contributed by atoms with Gasteiger partial charge in [-0.3, -0.25) is 0 Å². The molecular weight excluding hydrogens is 553 g/mol. The highest BCUT2D eigenvalue weighted by molar-refractivity contribution is 7.25.